The number of halogens is 1. The zero-order valence-electron chi connectivity index (χ0n) is 17.4. The molecule has 2 amide bonds. The van der Waals surface area contributed by atoms with E-state index in [1.807, 2.05) is 36.4 Å². The van der Waals surface area contributed by atoms with Crippen molar-refractivity contribution in [2.24, 2.45) is 0 Å². The van der Waals surface area contributed by atoms with Crippen LogP contribution in [-0.4, -0.2) is 17.6 Å². The van der Waals surface area contributed by atoms with Crippen LogP contribution in [-0.2, 0) is 16.9 Å². The van der Waals surface area contributed by atoms with Crippen molar-refractivity contribution in [3.8, 4) is 0 Å². The number of fused-ring (bicyclic) bond motifs is 1. The van der Waals surface area contributed by atoms with Gasteiger partial charge in [-0.15, -0.1) is 11.8 Å². The Labute approximate surface area is 185 Å². The second-order valence-corrected chi connectivity index (χ2v) is 9.01. The molecule has 0 unspecified atom stereocenters. The molecule has 3 aromatic rings. The zero-order chi connectivity index (χ0) is 22.0. The molecule has 0 bridgehead atoms. The van der Waals surface area contributed by atoms with Crippen LogP contribution in [0, 0.1) is 5.82 Å². The van der Waals surface area contributed by atoms with Gasteiger partial charge in [-0.2, -0.15) is 0 Å². The van der Waals surface area contributed by atoms with Crippen molar-refractivity contribution in [3.63, 3.8) is 0 Å². The molecule has 158 valence electrons. The summed E-state index contributed by atoms with van der Waals surface area (Å²) in [7, 11) is 0. The van der Waals surface area contributed by atoms with Crippen molar-refractivity contribution in [3.05, 3.63) is 95.3 Å². The fraction of sp³-hybridized carbons (Fsp3) is 0.200. The number of nitrogens with zero attached hydrogens (tertiary/aromatic N) is 1. The molecule has 0 saturated heterocycles. The molecule has 1 aliphatic heterocycles. The maximum absolute atomic E-state index is 14.3. The summed E-state index contributed by atoms with van der Waals surface area (Å²) in [5.41, 5.74) is 1.69. The fourth-order valence-corrected chi connectivity index (χ4v) is 4.59. The van der Waals surface area contributed by atoms with E-state index in [0.717, 1.165) is 16.1 Å². The lowest BCUT2D eigenvalue weighted by Crippen LogP contribution is -2.42. The predicted octanol–water partition coefficient (Wildman–Crippen LogP) is 5.13. The number of hydrogen-bond donors (Lipinski definition) is 1. The van der Waals surface area contributed by atoms with Crippen molar-refractivity contribution < 1.29 is 14.0 Å². The second kappa shape index (κ2) is 8.55. The molecule has 1 aliphatic rings. The van der Waals surface area contributed by atoms with E-state index in [0.29, 0.717) is 23.4 Å². The lowest BCUT2D eigenvalue weighted by Gasteiger charge is -2.30. The summed E-state index contributed by atoms with van der Waals surface area (Å²) < 4.78 is 14.3. The molecule has 4 nitrogen and oxygen atoms in total. The topological polar surface area (TPSA) is 49.4 Å². The van der Waals surface area contributed by atoms with Gasteiger partial charge in [0.25, 0.3) is 5.91 Å². The monoisotopic (exact) mass is 434 g/mol. The van der Waals surface area contributed by atoms with E-state index < -0.39 is 5.54 Å². The molecule has 0 aromatic heterocycles. The first-order valence-corrected chi connectivity index (χ1v) is 11.0. The van der Waals surface area contributed by atoms with Crippen LogP contribution in [0.3, 0.4) is 0 Å². The third-order valence-electron chi connectivity index (χ3n) is 5.32. The number of anilines is 1. The number of amides is 2. The highest BCUT2D eigenvalue weighted by Gasteiger charge is 2.29. The average Bonchev–Trinajstić information content (AvgIpc) is 2.76. The highest BCUT2D eigenvalue weighted by atomic mass is 32.2. The summed E-state index contributed by atoms with van der Waals surface area (Å²) in [6.45, 7) is 3.98. The van der Waals surface area contributed by atoms with Crippen LogP contribution in [0.2, 0.25) is 0 Å². The van der Waals surface area contributed by atoms with Crippen LogP contribution in [0.1, 0.15) is 35.3 Å². The minimum Gasteiger partial charge on any atom is -0.343 e. The SMILES string of the molecule is CC(C)(NC(=O)c1ccc2c(c1)N(Cc1ccccc1)C(=O)CS2)c1ccccc1F. The van der Waals surface area contributed by atoms with Gasteiger partial charge in [-0.05, 0) is 43.7 Å². The highest BCUT2D eigenvalue weighted by Crippen LogP contribution is 2.37. The van der Waals surface area contributed by atoms with Gasteiger partial charge in [0.05, 0.1) is 23.5 Å². The van der Waals surface area contributed by atoms with E-state index in [1.165, 1.54) is 17.8 Å². The smallest absolute Gasteiger partial charge is 0.252 e. The Morgan fingerprint density at radius 3 is 2.52 bits per heavy atom. The van der Waals surface area contributed by atoms with E-state index in [2.05, 4.69) is 5.32 Å². The summed E-state index contributed by atoms with van der Waals surface area (Å²) in [5.74, 6) is -0.315. The van der Waals surface area contributed by atoms with Gasteiger partial charge < -0.3 is 10.2 Å². The Morgan fingerprint density at radius 1 is 1.06 bits per heavy atom. The minimum atomic E-state index is -0.896. The summed E-state index contributed by atoms with van der Waals surface area (Å²) in [4.78, 5) is 28.4. The van der Waals surface area contributed by atoms with Crippen LogP contribution in [0.15, 0.2) is 77.7 Å². The zero-order valence-corrected chi connectivity index (χ0v) is 18.2. The third-order valence-corrected chi connectivity index (χ3v) is 6.37. The lowest BCUT2D eigenvalue weighted by molar-refractivity contribution is -0.116. The maximum atomic E-state index is 14.3. The standard InChI is InChI=1S/C25H23FN2O2S/c1-25(2,19-10-6-7-11-20(19)26)27-24(30)18-12-13-22-21(14-18)28(23(29)16-31-22)15-17-8-4-3-5-9-17/h3-14H,15-16H2,1-2H3,(H,27,30). The first kappa shape index (κ1) is 21.1. The molecule has 6 heteroatoms. The minimum absolute atomic E-state index is 0.00518. The van der Waals surface area contributed by atoms with Crippen molar-refractivity contribution >= 4 is 29.3 Å². The van der Waals surface area contributed by atoms with Gasteiger partial charge in [-0.25, -0.2) is 4.39 Å². The van der Waals surface area contributed by atoms with Crippen LogP contribution in [0.25, 0.3) is 0 Å². The molecular formula is C25H23FN2O2S. The molecule has 0 saturated carbocycles. The molecule has 1 heterocycles. The van der Waals surface area contributed by atoms with E-state index in [-0.39, 0.29) is 17.6 Å². The Morgan fingerprint density at radius 2 is 1.77 bits per heavy atom. The van der Waals surface area contributed by atoms with Crippen molar-refractivity contribution in [1.82, 2.24) is 5.32 Å². The number of carbonyl (C=O) groups is 2. The lowest BCUT2D eigenvalue weighted by atomic mass is 9.93. The molecule has 0 aliphatic carbocycles. The van der Waals surface area contributed by atoms with Gasteiger partial charge in [-0.1, -0.05) is 48.5 Å². The fourth-order valence-electron chi connectivity index (χ4n) is 3.67. The first-order valence-electron chi connectivity index (χ1n) is 10.0. The molecule has 0 spiro atoms. The molecule has 1 N–H and O–H groups in total. The van der Waals surface area contributed by atoms with Gasteiger partial charge >= 0.3 is 0 Å². The Balaban J connectivity index is 1.61. The molecular weight excluding hydrogens is 411 g/mol. The Bertz CT molecular complexity index is 1130. The van der Waals surface area contributed by atoms with Crippen LogP contribution in [0.5, 0.6) is 0 Å². The predicted molar refractivity (Wildman–Crippen MR) is 122 cm³/mol. The van der Waals surface area contributed by atoms with Gasteiger partial charge in [-0.3, -0.25) is 9.59 Å². The number of thioether (sulfide) groups is 1. The van der Waals surface area contributed by atoms with Gasteiger partial charge in [0.1, 0.15) is 5.82 Å². The summed E-state index contributed by atoms with van der Waals surface area (Å²) >= 11 is 1.47. The number of carbonyl (C=O) groups excluding carboxylic acids is 2. The van der Waals surface area contributed by atoms with E-state index in [9.17, 15) is 14.0 Å². The third kappa shape index (κ3) is 4.49. The largest absolute Gasteiger partial charge is 0.343 e. The van der Waals surface area contributed by atoms with E-state index >= 15 is 0 Å². The highest BCUT2D eigenvalue weighted by molar-refractivity contribution is 8.00. The van der Waals surface area contributed by atoms with Crippen LogP contribution < -0.4 is 10.2 Å². The Hall–Kier alpha value is -3.12. The first-order chi connectivity index (χ1) is 14.8. The van der Waals surface area contributed by atoms with Gasteiger partial charge in [0.2, 0.25) is 5.91 Å². The maximum Gasteiger partial charge on any atom is 0.252 e. The molecule has 0 radical (unpaired) electrons. The molecule has 31 heavy (non-hydrogen) atoms. The van der Waals surface area contributed by atoms with Crippen molar-refractivity contribution in [2.45, 2.75) is 30.8 Å². The summed E-state index contributed by atoms with van der Waals surface area (Å²) in [6.07, 6.45) is 0. The quantitative estimate of drug-likeness (QED) is 0.606. The van der Waals surface area contributed by atoms with E-state index in [1.54, 1.807) is 49.1 Å². The number of hydrogen-bond acceptors (Lipinski definition) is 3. The normalized spacial score (nSPS) is 13.6. The summed E-state index contributed by atoms with van der Waals surface area (Å²) in [5, 5.41) is 2.92. The number of nitrogens with one attached hydrogen (secondary N) is 1. The molecule has 3 aromatic carbocycles. The molecule has 0 atom stereocenters. The van der Waals surface area contributed by atoms with Crippen molar-refractivity contribution in [2.75, 3.05) is 10.7 Å². The molecule has 0 fully saturated rings. The van der Waals surface area contributed by atoms with Crippen LogP contribution >= 0.6 is 11.8 Å². The number of rotatable bonds is 5. The Kier molecular flexibility index (Phi) is 5.83. The van der Waals surface area contributed by atoms with Crippen LogP contribution in [0.4, 0.5) is 10.1 Å². The van der Waals surface area contributed by atoms with E-state index in [4.69, 9.17) is 0 Å². The molecule has 4 rings (SSSR count). The van der Waals surface area contributed by atoms with Crippen molar-refractivity contribution in [1.29, 1.82) is 0 Å². The van der Waals surface area contributed by atoms with Gasteiger partial charge in [0, 0.05) is 16.0 Å². The van der Waals surface area contributed by atoms with Gasteiger partial charge in [0.15, 0.2) is 0 Å². The number of benzene rings is 3. The average molecular weight is 435 g/mol. The summed E-state index contributed by atoms with van der Waals surface area (Å²) in [6, 6.07) is 21.5. The second-order valence-electron chi connectivity index (χ2n) is 8.00.